The van der Waals surface area contributed by atoms with Gasteiger partial charge in [-0.3, -0.25) is 0 Å². The van der Waals surface area contributed by atoms with Gasteiger partial charge in [-0.1, -0.05) is 29.8 Å². The number of rotatable bonds is 6. The van der Waals surface area contributed by atoms with Gasteiger partial charge in [0.05, 0.1) is 12.7 Å². The van der Waals surface area contributed by atoms with Crippen LogP contribution < -0.4 is 5.32 Å². The third-order valence-electron chi connectivity index (χ3n) is 2.28. The van der Waals surface area contributed by atoms with Crippen LogP contribution >= 0.6 is 0 Å². The van der Waals surface area contributed by atoms with E-state index < -0.39 is 6.10 Å². The van der Waals surface area contributed by atoms with Crippen molar-refractivity contribution in [3.05, 3.63) is 35.4 Å². The molecule has 3 heteroatoms. The van der Waals surface area contributed by atoms with Crippen LogP contribution in [0.25, 0.3) is 0 Å². The molecule has 0 saturated heterocycles. The molecule has 0 amide bonds. The molecule has 3 nitrogen and oxygen atoms in total. The van der Waals surface area contributed by atoms with Crippen molar-refractivity contribution in [3.63, 3.8) is 0 Å². The van der Waals surface area contributed by atoms with Gasteiger partial charge in [0.25, 0.3) is 0 Å². The Morgan fingerprint density at radius 3 is 2.60 bits per heavy atom. The molecule has 0 aliphatic carbocycles. The van der Waals surface area contributed by atoms with Gasteiger partial charge in [0.2, 0.25) is 0 Å². The molecule has 0 fully saturated rings. The number of ether oxygens (including phenoxy) is 1. The van der Waals surface area contributed by atoms with Crippen molar-refractivity contribution in [2.45, 2.75) is 13.0 Å². The molecule has 0 saturated carbocycles. The molecule has 0 heterocycles. The Morgan fingerprint density at radius 1 is 1.33 bits per heavy atom. The molecule has 2 N–H and O–H groups in total. The molecule has 0 radical (unpaired) electrons. The van der Waals surface area contributed by atoms with Gasteiger partial charge in [-0.05, 0) is 12.5 Å². The first-order valence-electron chi connectivity index (χ1n) is 5.18. The quantitative estimate of drug-likeness (QED) is 0.693. The second-order valence-electron chi connectivity index (χ2n) is 3.62. The van der Waals surface area contributed by atoms with Gasteiger partial charge in [-0.2, -0.15) is 0 Å². The van der Waals surface area contributed by atoms with E-state index >= 15 is 0 Å². The Kier molecular flexibility index (Phi) is 5.32. The lowest BCUT2D eigenvalue weighted by Crippen LogP contribution is -2.24. The summed E-state index contributed by atoms with van der Waals surface area (Å²) in [7, 11) is 1.66. The van der Waals surface area contributed by atoms with Crippen LogP contribution in [0.5, 0.6) is 0 Å². The minimum Gasteiger partial charge on any atom is -0.387 e. The van der Waals surface area contributed by atoms with E-state index in [1.807, 2.05) is 31.2 Å². The van der Waals surface area contributed by atoms with Crippen molar-refractivity contribution in [3.8, 4) is 0 Å². The van der Waals surface area contributed by atoms with Crippen LogP contribution in [0, 0.1) is 6.92 Å². The average molecular weight is 209 g/mol. The minimum atomic E-state index is -0.442. The van der Waals surface area contributed by atoms with E-state index in [-0.39, 0.29) is 0 Å². The largest absolute Gasteiger partial charge is 0.387 e. The van der Waals surface area contributed by atoms with Gasteiger partial charge in [-0.15, -0.1) is 0 Å². The van der Waals surface area contributed by atoms with Crippen LogP contribution in [0.4, 0.5) is 0 Å². The second-order valence-corrected chi connectivity index (χ2v) is 3.62. The van der Waals surface area contributed by atoms with Crippen LogP contribution in [0.15, 0.2) is 24.3 Å². The highest BCUT2D eigenvalue weighted by molar-refractivity contribution is 5.23. The van der Waals surface area contributed by atoms with Crippen LogP contribution in [0.3, 0.4) is 0 Å². The molecule has 1 aromatic carbocycles. The summed E-state index contributed by atoms with van der Waals surface area (Å²) in [6.45, 7) is 4.03. The summed E-state index contributed by atoms with van der Waals surface area (Å²) in [5, 5.41) is 12.9. The third-order valence-corrected chi connectivity index (χ3v) is 2.28. The smallest absolute Gasteiger partial charge is 0.0914 e. The SMILES string of the molecule is COCCNCC(O)c1ccc(C)cc1. The lowest BCUT2D eigenvalue weighted by molar-refractivity contribution is 0.161. The molecule has 0 aliphatic heterocycles. The number of hydrogen-bond donors (Lipinski definition) is 2. The van der Waals surface area contributed by atoms with E-state index in [2.05, 4.69) is 5.32 Å². The predicted octanol–water partition coefficient (Wildman–Crippen LogP) is 1.26. The Labute approximate surface area is 91.1 Å². The van der Waals surface area contributed by atoms with Gasteiger partial charge in [0.1, 0.15) is 0 Å². The summed E-state index contributed by atoms with van der Waals surface area (Å²) >= 11 is 0. The van der Waals surface area contributed by atoms with Gasteiger partial charge in [-0.25, -0.2) is 0 Å². The zero-order chi connectivity index (χ0) is 11.1. The number of benzene rings is 1. The third kappa shape index (κ3) is 4.42. The van der Waals surface area contributed by atoms with E-state index in [1.165, 1.54) is 5.56 Å². The van der Waals surface area contributed by atoms with Crippen molar-refractivity contribution in [2.24, 2.45) is 0 Å². The number of aliphatic hydroxyl groups is 1. The highest BCUT2D eigenvalue weighted by Crippen LogP contribution is 2.12. The fourth-order valence-electron chi connectivity index (χ4n) is 1.32. The second kappa shape index (κ2) is 6.56. The van der Waals surface area contributed by atoms with Gasteiger partial charge < -0.3 is 15.2 Å². The fourth-order valence-corrected chi connectivity index (χ4v) is 1.32. The summed E-state index contributed by atoms with van der Waals surface area (Å²) in [4.78, 5) is 0. The van der Waals surface area contributed by atoms with Gasteiger partial charge in [0.15, 0.2) is 0 Å². The molecule has 0 aromatic heterocycles. The molecule has 0 spiro atoms. The van der Waals surface area contributed by atoms with Crippen LogP contribution in [0.2, 0.25) is 0 Å². The summed E-state index contributed by atoms with van der Waals surface area (Å²) < 4.78 is 4.90. The van der Waals surface area contributed by atoms with Crippen LogP contribution in [0.1, 0.15) is 17.2 Å². The highest BCUT2D eigenvalue weighted by Gasteiger charge is 2.05. The highest BCUT2D eigenvalue weighted by atomic mass is 16.5. The first kappa shape index (κ1) is 12.2. The Bertz CT molecular complexity index is 271. The maximum Gasteiger partial charge on any atom is 0.0914 e. The average Bonchev–Trinajstić information content (AvgIpc) is 2.25. The molecule has 1 unspecified atom stereocenters. The van der Waals surface area contributed by atoms with Crippen molar-refractivity contribution in [2.75, 3.05) is 26.8 Å². The predicted molar refractivity (Wildman–Crippen MR) is 60.9 cm³/mol. The van der Waals surface area contributed by atoms with Crippen LogP contribution in [-0.2, 0) is 4.74 Å². The molecule has 1 aromatic rings. The Morgan fingerprint density at radius 2 is 2.00 bits per heavy atom. The molecular formula is C12H19NO2. The fraction of sp³-hybridized carbons (Fsp3) is 0.500. The van der Waals surface area contributed by atoms with Crippen molar-refractivity contribution < 1.29 is 9.84 Å². The summed E-state index contributed by atoms with van der Waals surface area (Å²) in [5.41, 5.74) is 2.16. The van der Waals surface area contributed by atoms with Gasteiger partial charge >= 0.3 is 0 Å². The molecular weight excluding hydrogens is 190 g/mol. The number of aryl methyl sites for hydroxylation is 1. The summed E-state index contributed by atoms with van der Waals surface area (Å²) in [5.74, 6) is 0. The van der Waals surface area contributed by atoms with Gasteiger partial charge in [0, 0.05) is 20.2 Å². The molecule has 0 bridgehead atoms. The minimum absolute atomic E-state index is 0.442. The van der Waals surface area contributed by atoms with E-state index in [0.29, 0.717) is 13.2 Å². The first-order chi connectivity index (χ1) is 7.24. The summed E-state index contributed by atoms with van der Waals surface area (Å²) in [6, 6.07) is 7.93. The molecule has 84 valence electrons. The van der Waals surface area contributed by atoms with Crippen molar-refractivity contribution in [1.29, 1.82) is 0 Å². The Balaban J connectivity index is 2.33. The van der Waals surface area contributed by atoms with E-state index in [4.69, 9.17) is 4.74 Å². The van der Waals surface area contributed by atoms with Crippen molar-refractivity contribution >= 4 is 0 Å². The lowest BCUT2D eigenvalue weighted by atomic mass is 10.1. The first-order valence-corrected chi connectivity index (χ1v) is 5.18. The lowest BCUT2D eigenvalue weighted by Gasteiger charge is -2.12. The zero-order valence-electron chi connectivity index (χ0n) is 9.36. The standard InChI is InChI=1S/C12H19NO2/c1-10-3-5-11(6-4-10)12(14)9-13-7-8-15-2/h3-6,12-14H,7-9H2,1-2H3. The monoisotopic (exact) mass is 209 g/mol. The summed E-state index contributed by atoms with van der Waals surface area (Å²) in [6.07, 6.45) is -0.442. The maximum atomic E-state index is 9.81. The molecule has 15 heavy (non-hydrogen) atoms. The molecule has 1 atom stereocenters. The topological polar surface area (TPSA) is 41.5 Å². The zero-order valence-corrected chi connectivity index (χ0v) is 9.36. The Hall–Kier alpha value is -0.900. The van der Waals surface area contributed by atoms with E-state index in [0.717, 1.165) is 12.1 Å². The van der Waals surface area contributed by atoms with E-state index in [9.17, 15) is 5.11 Å². The number of aliphatic hydroxyl groups excluding tert-OH is 1. The normalized spacial score (nSPS) is 12.7. The van der Waals surface area contributed by atoms with E-state index in [1.54, 1.807) is 7.11 Å². The maximum absolute atomic E-state index is 9.81. The number of methoxy groups -OCH3 is 1. The number of nitrogens with one attached hydrogen (secondary N) is 1. The van der Waals surface area contributed by atoms with Crippen molar-refractivity contribution in [1.82, 2.24) is 5.32 Å². The van der Waals surface area contributed by atoms with Crippen LogP contribution in [-0.4, -0.2) is 31.9 Å². The number of hydrogen-bond acceptors (Lipinski definition) is 3. The molecule has 1 rings (SSSR count). The molecule has 0 aliphatic rings.